The minimum absolute atomic E-state index is 0.0148. The van der Waals surface area contributed by atoms with E-state index in [4.69, 9.17) is 5.11 Å². The molecule has 0 aliphatic rings. The average Bonchev–Trinajstić information content (AvgIpc) is 2.85. The Balaban J connectivity index is 2.08. The van der Waals surface area contributed by atoms with Crippen molar-refractivity contribution < 1.29 is 9.90 Å². The molecule has 0 atom stereocenters. The van der Waals surface area contributed by atoms with Crippen LogP contribution in [0.15, 0.2) is 22.7 Å². The van der Waals surface area contributed by atoms with Crippen molar-refractivity contribution in [2.24, 2.45) is 0 Å². The van der Waals surface area contributed by atoms with Gasteiger partial charge in [-0.2, -0.15) is 0 Å². The fourth-order valence-corrected chi connectivity index (χ4v) is 2.16. The molecule has 7 heteroatoms. The van der Waals surface area contributed by atoms with Gasteiger partial charge in [0.2, 0.25) is 0 Å². The lowest BCUT2D eigenvalue weighted by atomic mass is 10.4. The molecule has 0 amide bonds. The van der Waals surface area contributed by atoms with Gasteiger partial charge in [-0.05, 0) is 11.4 Å². The molecule has 0 unspecified atom stereocenters. The number of hydrogen-bond acceptors (Lipinski definition) is 5. The predicted octanol–water partition coefficient (Wildman–Crippen LogP) is 1.71. The fraction of sp³-hybridized carbons (Fsp3) is 0.125. The molecule has 2 aromatic rings. The second-order valence-electron chi connectivity index (χ2n) is 2.64. The minimum Gasteiger partial charge on any atom is -0.481 e. The number of aliphatic carboxylic acids is 1. The van der Waals surface area contributed by atoms with Crippen LogP contribution in [-0.2, 0) is 4.79 Å². The van der Waals surface area contributed by atoms with Gasteiger partial charge in [0.25, 0.3) is 0 Å². The number of rotatable bonds is 4. The molecule has 2 rings (SSSR count). The number of carbonyl (C=O) groups is 1. The molecular formula is C8H7N3O2S2. The van der Waals surface area contributed by atoms with E-state index in [1.54, 1.807) is 11.3 Å². The first-order chi connectivity index (χ1) is 7.25. The number of nitrogens with one attached hydrogen (secondary N) is 1. The van der Waals surface area contributed by atoms with Gasteiger partial charge in [0.1, 0.15) is 0 Å². The number of nitrogens with zero attached hydrogens (tertiary/aromatic N) is 2. The number of carboxylic acids is 1. The van der Waals surface area contributed by atoms with Crippen molar-refractivity contribution in [1.82, 2.24) is 15.2 Å². The molecular weight excluding hydrogens is 234 g/mol. The molecule has 0 saturated carbocycles. The van der Waals surface area contributed by atoms with E-state index in [0.29, 0.717) is 11.0 Å². The lowest BCUT2D eigenvalue weighted by molar-refractivity contribution is -0.133. The van der Waals surface area contributed by atoms with Crippen LogP contribution in [0.4, 0.5) is 0 Å². The molecule has 15 heavy (non-hydrogen) atoms. The monoisotopic (exact) mass is 241 g/mol. The summed E-state index contributed by atoms with van der Waals surface area (Å²) in [7, 11) is 0. The van der Waals surface area contributed by atoms with E-state index in [2.05, 4.69) is 15.2 Å². The highest BCUT2D eigenvalue weighted by atomic mass is 32.2. The van der Waals surface area contributed by atoms with Crippen LogP contribution in [0, 0.1) is 0 Å². The smallest absolute Gasteiger partial charge is 0.313 e. The zero-order valence-corrected chi connectivity index (χ0v) is 9.14. The second-order valence-corrected chi connectivity index (χ2v) is 4.55. The van der Waals surface area contributed by atoms with E-state index < -0.39 is 5.97 Å². The summed E-state index contributed by atoms with van der Waals surface area (Å²) < 4.78 is 0. The molecule has 0 aliphatic heterocycles. The fourth-order valence-electron chi connectivity index (χ4n) is 0.966. The van der Waals surface area contributed by atoms with Gasteiger partial charge in [0, 0.05) is 0 Å². The van der Waals surface area contributed by atoms with Gasteiger partial charge >= 0.3 is 5.97 Å². The number of thiophene rings is 1. The van der Waals surface area contributed by atoms with E-state index >= 15 is 0 Å². The maximum Gasteiger partial charge on any atom is 0.313 e. The van der Waals surface area contributed by atoms with Gasteiger partial charge in [-0.1, -0.05) is 17.8 Å². The molecule has 2 heterocycles. The average molecular weight is 241 g/mol. The number of thioether (sulfide) groups is 1. The van der Waals surface area contributed by atoms with E-state index in [0.717, 1.165) is 16.6 Å². The molecule has 78 valence electrons. The molecule has 0 aromatic carbocycles. The Morgan fingerprint density at radius 2 is 2.47 bits per heavy atom. The highest BCUT2D eigenvalue weighted by molar-refractivity contribution is 7.99. The summed E-state index contributed by atoms with van der Waals surface area (Å²) in [5.74, 6) is -0.203. The van der Waals surface area contributed by atoms with Crippen LogP contribution in [0.2, 0.25) is 0 Å². The number of carboxylic acid groups (broad SMARTS) is 1. The zero-order valence-electron chi connectivity index (χ0n) is 7.51. The van der Waals surface area contributed by atoms with Crippen LogP contribution in [0.25, 0.3) is 10.7 Å². The van der Waals surface area contributed by atoms with Gasteiger partial charge < -0.3 is 10.1 Å². The predicted molar refractivity (Wildman–Crippen MR) is 58.1 cm³/mol. The van der Waals surface area contributed by atoms with Crippen molar-refractivity contribution in [2.45, 2.75) is 5.16 Å². The Morgan fingerprint density at radius 3 is 3.13 bits per heavy atom. The normalized spacial score (nSPS) is 10.4. The summed E-state index contributed by atoms with van der Waals surface area (Å²) in [5.41, 5.74) is 0. The van der Waals surface area contributed by atoms with Crippen molar-refractivity contribution in [3.05, 3.63) is 17.5 Å². The maximum absolute atomic E-state index is 10.3. The van der Waals surface area contributed by atoms with Crippen molar-refractivity contribution in [1.29, 1.82) is 0 Å². The van der Waals surface area contributed by atoms with E-state index in [1.165, 1.54) is 0 Å². The first-order valence-corrected chi connectivity index (χ1v) is 5.93. The SMILES string of the molecule is O=C(O)CSc1nnc(-c2cccs2)[nH]1. The zero-order chi connectivity index (χ0) is 10.7. The summed E-state index contributed by atoms with van der Waals surface area (Å²) in [5, 5.41) is 18.7. The third kappa shape index (κ3) is 2.57. The standard InChI is InChI=1S/C8H7N3O2S2/c12-6(13)4-15-8-9-7(10-11-8)5-2-1-3-14-5/h1-3H,4H2,(H,12,13)(H,9,10,11). The Morgan fingerprint density at radius 1 is 1.60 bits per heavy atom. The van der Waals surface area contributed by atoms with Crippen LogP contribution in [0.5, 0.6) is 0 Å². The first-order valence-electron chi connectivity index (χ1n) is 4.07. The molecule has 2 aromatic heterocycles. The molecule has 0 fully saturated rings. The molecule has 0 aliphatic carbocycles. The van der Waals surface area contributed by atoms with Crippen LogP contribution in [0.3, 0.4) is 0 Å². The largest absolute Gasteiger partial charge is 0.481 e. The van der Waals surface area contributed by atoms with Gasteiger partial charge in [0.15, 0.2) is 11.0 Å². The van der Waals surface area contributed by atoms with Crippen LogP contribution in [-0.4, -0.2) is 32.0 Å². The molecule has 0 saturated heterocycles. The third-order valence-electron chi connectivity index (χ3n) is 1.55. The van der Waals surface area contributed by atoms with Crippen LogP contribution < -0.4 is 0 Å². The summed E-state index contributed by atoms with van der Waals surface area (Å²) in [6, 6.07) is 3.85. The van der Waals surface area contributed by atoms with Crippen molar-refractivity contribution in [2.75, 3.05) is 5.75 Å². The molecule has 0 spiro atoms. The summed E-state index contributed by atoms with van der Waals surface area (Å²) in [6.07, 6.45) is 0. The highest BCUT2D eigenvalue weighted by Crippen LogP contribution is 2.22. The molecule has 0 bridgehead atoms. The number of aromatic amines is 1. The quantitative estimate of drug-likeness (QED) is 0.797. The lowest BCUT2D eigenvalue weighted by Gasteiger charge is -1.90. The van der Waals surface area contributed by atoms with E-state index in [1.807, 2.05) is 17.5 Å². The minimum atomic E-state index is -0.867. The van der Waals surface area contributed by atoms with E-state index in [-0.39, 0.29) is 5.75 Å². The van der Waals surface area contributed by atoms with Crippen molar-refractivity contribution in [3.8, 4) is 10.7 Å². The summed E-state index contributed by atoms with van der Waals surface area (Å²) in [4.78, 5) is 14.3. The molecule has 0 radical (unpaired) electrons. The summed E-state index contributed by atoms with van der Waals surface area (Å²) >= 11 is 2.68. The van der Waals surface area contributed by atoms with Gasteiger partial charge in [-0.3, -0.25) is 4.79 Å². The van der Waals surface area contributed by atoms with Crippen LogP contribution in [0.1, 0.15) is 0 Å². The van der Waals surface area contributed by atoms with Gasteiger partial charge in [-0.15, -0.1) is 21.5 Å². The van der Waals surface area contributed by atoms with Gasteiger partial charge in [0.05, 0.1) is 10.6 Å². The number of H-pyrrole nitrogens is 1. The number of hydrogen-bond donors (Lipinski definition) is 2. The van der Waals surface area contributed by atoms with Crippen LogP contribution >= 0.6 is 23.1 Å². The third-order valence-corrected chi connectivity index (χ3v) is 3.28. The first kappa shape index (κ1) is 10.2. The van der Waals surface area contributed by atoms with Crippen molar-refractivity contribution >= 4 is 29.1 Å². The molecule has 2 N–H and O–H groups in total. The van der Waals surface area contributed by atoms with Gasteiger partial charge in [-0.25, -0.2) is 0 Å². The topological polar surface area (TPSA) is 78.9 Å². The number of aromatic nitrogens is 3. The Bertz CT molecular complexity index is 452. The van der Waals surface area contributed by atoms with E-state index in [9.17, 15) is 4.79 Å². The van der Waals surface area contributed by atoms with Crippen molar-refractivity contribution in [3.63, 3.8) is 0 Å². The Labute approximate surface area is 93.6 Å². The Kier molecular flexibility index (Phi) is 3.02. The lowest BCUT2D eigenvalue weighted by Crippen LogP contribution is -1.97. The maximum atomic E-state index is 10.3. The molecule has 5 nitrogen and oxygen atoms in total. The summed E-state index contributed by atoms with van der Waals surface area (Å²) in [6.45, 7) is 0. The Hall–Kier alpha value is -1.34. The highest BCUT2D eigenvalue weighted by Gasteiger charge is 2.07. The second kappa shape index (κ2) is 4.45.